The summed E-state index contributed by atoms with van der Waals surface area (Å²) in [5.74, 6) is -0.0523. The van der Waals surface area contributed by atoms with Gasteiger partial charge in [0.1, 0.15) is 17.0 Å². The number of fused-ring (bicyclic) bond motifs is 1. The van der Waals surface area contributed by atoms with Crippen LogP contribution in [0.5, 0.6) is 5.75 Å². The van der Waals surface area contributed by atoms with Gasteiger partial charge in [-0.2, -0.15) is 0 Å². The summed E-state index contributed by atoms with van der Waals surface area (Å²) >= 11 is 0. The van der Waals surface area contributed by atoms with Gasteiger partial charge in [0, 0.05) is 29.6 Å². The molecule has 0 aliphatic carbocycles. The molecule has 0 spiro atoms. The summed E-state index contributed by atoms with van der Waals surface area (Å²) < 4.78 is 13.3. The number of methoxy groups -OCH3 is 1. The van der Waals surface area contributed by atoms with E-state index < -0.39 is 16.5 Å². The number of rotatable bonds is 7. The van der Waals surface area contributed by atoms with Crippen molar-refractivity contribution in [1.82, 2.24) is 8.97 Å². The topological polar surface area (TPSA) is 105 Å². The Hall–Kier alpha value is -4.40. The van der Waals surface area contributed by atoms with Crippen LogP contribution in [-0.4, -0.2) is 33.6 Å². The molecule has 0 atom stereocenters. The van der Waals surface area contributed by atoms with Gasteiger partial charge in [-0.15, -0.1) is 0 Å². The molecule has 0 amide bonds. The molecule has 0 saturated carbocycles. The lowest BCUT2D eigenvalue weighted by Gasteiger charge is -2.12. The molecule has 168 valence electrons. The van der Waals surface area contributed by atoms with Crippen LogP contribution in [0.4, 0.5) is 5.69 Å². The van der Waals surface area contributed by atoms with Crippen molar-refractivity contribution >= 4 is 17.3 Å². The minimum absolute atomic E-state index is 0.0473. The van der Waals surface area contributed by atoms with Gasteiger partial charge in [0.25, 0.3) is 11.2 Å². The highest BCUT2D eigenvalue weighted by Crippen LogP contribution is 2.26. The number of ether oxygens (including phenoxy) is 2. The molecule has 0 unspecified atom stereocenters. The monoisotopic (exact) mass is 447 g/mol. The molecule has 33 heavy (non-hydrogen) atoms. The van der Waals surface area contributed by atoms with E-state index in [1.807, 2.05) is 12.1 Å². The molecule has 0 aliphatic rings. The van der Waals surface area contributed by atoms with Gasteiger partial charge in [-0.3, -0.25) is 19.3 Å². The van der Waals surface area contributed by atoms with Crippen LogP contribution in [0.3, 0.4) is 0 Å². The predicted octanol–water partition coefficient (Wildman–Crippen LogP) is 3.91. The van der Waals surface area contributed by atoms with Crippen LogP contribution in [0.2, 0.25) is 0 Å². The van der Waals surface area contributed by atoms with Crippen molar-refractivity contribution in [2.45, 2.75) is 13.5 Å². The van der Waals surface area contributed by atoms with Crippen molar-refractivity contribution in [2.24, 2.45) is 0 Å². The molecule has 2 aromatic heterocycles. The van der Waals surface area contributed by atoms with Crippen molar-refractivity contribution in [2.75, 3.05) is 13.7 Å². The molecule has 0 aliphatic heterocycles. The van der Waals surface area contributed by atoms with Gasteiger partial charge in [0.2, 0.25) is 0 Å². The average Bonchev–Trinajstić information content (AvgIpc) is 3.27. The number of para-hydroxylation sites is 1. The summed E-state index contributed by atoms with van der Waals surface area (Å²) in [4.78, 5) is 36.6. The van der Waals surface area contributed by atoms with Crippen molar-refractivity contribution in [3.8, 4) is 16.9 Å². The first-order valence-corrected chi connectivity index (χ1v) is 10.2. The van der Waals surface area contributed by atoms with E-state index in [0.29, 0.717) is 17.0 Å². The molecule has 9 heteroatoms. The van der Waals surface area contributed by atoms with E-state index >= 15 is 0 Å². The van der Waals surface area contributed by atoms with E-state index in [1.54, 1.807) is 61.2 Å². The number of carbonyl (C=O) groups excluding carboxylic acids is 1. The fourth-order valence-corrected chi connectivity index (χ4v) is 3.67. The lowest BCUT2D eigenvalue weighted by molar-refractivity contribution is -0.385. The Morgan fingerprint density at radius 1 is 1.06 bits per heavy atom. The largest absolute Gasteiger partial charge is 0.497 e. The second kappa shape index (κ2) is 8.99. The number of benzene rings is 2. The number of nitrogens with zero attached hydrogens (tertiary/aromatic N) is 3. The Kier molecular flexibility index (Phi) is 5.95. The fraction of sp³-hybridized carbons (Fsp3) is 0.167. The number of hydrogen-bond acceptors (Lipinski definition) is 6. The Labute approximate surface area is 188 Å². The van der Waals surface area contributed by atoms with Gasteiger partial charge in [-0.05, 0) is 30.7 Å². The predicted molar refractivity (Wildman–Crippen MR) is 122 cm³/mol. The van der Waals surface area contributed by atoms with Crippen LogP contribution in [0.15, 0.2) is 71.8 Å². The summed E-state index contributed by atoms with van der Waals surface area (Å²) in [6, 6.07) is 15.5. The maximum Gasteiger partial charge on any atom is 0.345 e. The van der Waals surface area contributed by atoms with Crippen LogP contribution in [-0.2, 0) is 11.3 Å². The smallest absolute Gasteiger partial charge is 0.345 e. The van der Waals surface area contributed by atoms with E-state index in [4.69, 9.17) is 9.47 Å². The van der Waals surface area contributed by atoms with Gasteiger partial charge in [0.05, 0.1) is 25.2 Å². The summed E-state index contributed by atoms with van der Waals surface area (Å²) in [6.07, 6.45) is 3.03. The van der Waals surface area contributed by atoms with Crippen LogP contribution in [0.1, 0.15) is 22.8 Å². The van der Waals surface area contributed by atoms with Crippen LogP contribution >= 0.6 is 0 Å². The zero-order chi connectivity index (χ0) is 23.5. The second-order valence-electron chi connectivity index (χ2n) is 7.27. The third-order valence-corrected chi connectivity index (χ3v) is 5.28. The van der Waals surface area contributed by atoms with E-state index in [9.17, 15) is 19.7 Å². The first kappa shape index (κ1) is 21.8. The lowest BCUT2D eigenvalue weighted by Crippen LogP contribution is -2.26. The second-order valence-corrected chi connectivity index (χ2v) is 7.27. The lowest BCUT2D eigenvalue weighted by atomic mass is 10.1. The zero-order valence-corrected chi connectivity index (χ0v) is 18.1. The van der Waals surface area contributed by atoms with Crippen molar-refractivity contribution in [1.29, 1.82) is 0 Å². The number of hydrogen-bond donors (Lipinski definition) is 0. The molecule has 0 fully saturated rings. The highest BCUT2D eigenvalue weighted by Gasteiger charge is 2.20. The van der Waals surface area contributed by atoms with Gasteiger partial charge in [0.15, 0.2) is 0 Å². The highest BCUT2D eigenvalue weighted by atomic mass is 16.6. The molecule has 2 aromatic carbocycles. The van der Waals surface area contributed by atoms with E-state index in [-0.39, 0.29) is 24.4 Å². The number of esters is 1. The zero-order valence-electron chi connectivity index (χ0n) is 18.1. The number of carbonyl (C=O) groups is 1. The third-order valence-electron chi connectivity index (χ3n) is 5.28. The van der Waals surface area contributed by atoms with Gasteiger partial charge in [-0.25, -0.2) is 4.79 Å². The molecule has 4 aromatic rings. The molecule has 0 bridgehead atoms. The van der Waals surface area contributed by atoms with Gasteiger partial charge >= 0.3 is 5.97 Å². The fourth-order valence-electron chi connectivity index (χ4n) is 3.67. The van der Waals surface area contributed by atoms with E-state index in [1.165, 1.54) is 16.7 Å². The molecule has 0 N–H and O–H groups in total. The number of nitro benzene ring substituents is 1. The summed E-state index contributed by atoms with van der Waals surface area (Å²) in [6.45, 7) is 1.85. The standard InChI is InChI=1S/C24H21N3O6/c1-3-33-24(29)20-15-25(13-17-6-4-5-7-21(17)27(30)31)22-12-18(14-26(22)23(20)28)16-8-10-19(32-2)11-9-16/h4-12,14-15H,3,13H2,1-2H3. The van der Waals surface area contributed by atoms with E-state index in [2.05, 4.69) is 0 Å². The summed E-state index contributed by atoms with van der Waals surface area (Å²) in [5, 5.41) is 11.5. The summed E-state index contributed by atoms with van der Waals surface area (Å²) in [7, 11) is 1.58. The first-order chi connectivity index (χ1) is 15.9. The SMILES string of the molecule is CCOC(=O)c1cn(Cc2ccccc2[N+](=O)[O-])c2cc(-c3ccc(OC)cc3)cn2c1=O. The van der Waals surface area contributed by atoms with Gasteiger partial charge in [-0.1, -0.05) is 30.3 Å². The van der Waals surface area contributed by atoms with E-state index in [0.717, 1.165) is 11.1 Å². The molecule has 4 rings (SSSR count). The quantitative estimate of drug-likeness (QED) is 0.242. The molecule has 2 heterocycles. The Morgan fingerprint density at radius 3 is 2.45 bits per heavy atom. The average molecular weight is 447 g/mol. The third kappa shape index (κ3) is 4.20. The van der Waals surface area contributed by atoms with Crippen molar-refractivity contribution in [3.05, 3.63) is 98.6 Å². The molecule has 9 nitrogen and oxygen atoms in total. The maximum absolute atomic E-state index is 13.1. The Bertz CT molecular complexity index is 1400. The van der Waals surface area contributed by atoms with Crippen molar-refractivity contribution in [3.63, 3.8) is 0 Å². The van der Waals surface area contributed by atoms with Crippen LogP contribution < -0.4 is 10.3 Å². The summed E-state index contributed by atoms with van der Waals surface area (Å²) in [5.41, 5.74) is 1.78. The highest BCUT2D eigenvalue weighted by molar-refractivity contribution is 5.89. The normalized spacial score (nSPS) is 10.8. The molecular formula is C24H21N3O6. The molecular weight excluding hydrogens is 426 g/mol. The number of aromatic nitrogens is 2. The first-order valence-electron chi connectivity index (χ1n) is 10.2. The van der Waals surface area contributed by atoms with Crippen molar-refractivity contribution < 1.29 is 19.2 Å². The van der Waals surface area contributed by atoms with Gasteiger partial charge < -0.3 is 14.0 Å². The van der Waals surface area contributed by atoms with Crippen LogP contribution in [0, 0.1) is 10.1 Å². The Morgan fingerprint density at radius 2 is 1.79 bits per heavy atom. The minimum Gasteiger partial charge on any atom is -0.497 e. The Balaban J connectivity index is 1.91. The maximum atomic E-state index is 13.1. The van der Waals surface area contributed by atoms with Crippen LogP contribution in [0.25, 0.3) is 16.8 Å². The minimum atomic E-state index is -0.750. The number of nitro groups is 1. The molecule has 0 radical (unpaired) electrons. The molecule has 0 saturated heterocycles.